The molecule has 1 heterocycles. The predicted octanol–water partition coefficient (Wildman–Crippen LogP) is 0.278. The minimum absolute atomic E-state index is 0.573. The quantitative estimate of drug-likeness (QED) is 0.571. The highest BCUT2D eigenvalue weighted by Crippen LogP contribution is 2.21. The molecule has 0 aromatic rings. The van der Waals surface area contributed by atoms with E-state index < -0.39 is 41.6 Å². The number of carbonyl (C=O) groups is 4. The fourth-order valence-corrected chi connectivity index (χ4v) is 1.77. The molecule has 1 fully saturated rings. The maximum atomic E-state index is 11.8. The lowest BCUT2D eigenvalue weighted by Gasteiger charge is -2.43. The molecule has 0 unspecified atom stereocenters. The van der Waals surface area contributed by atoms with Crippen LogP contribution in [-0.2, 0) is 19.1 Å². The van der Waals surface area contributed by atoms with Crippen LogP contribution in [0, 0.1) is 0 Å². The standard InChI is InChI=1S/C13H18N2O6/c1-7-10(14-12(20)21-13(2,3)4)11(19)15(7)8(16)5-6-9(17)18/h5-7,10H,1-4H3,(H,14,20)(H,17,18)/b6-5+/t7-,10+/m1/s1. The molecule has 1 aliphatic rings. The number of alkyl carbamates (subject to hydrolysis) is 1. The van der Waals surface area contributed by atoms with Gasteiger partial charge in [-0.2, -0.15) is 0 Å². The van der Waals surface area contributed by atoms with Crippen LogP contribution >= 0.6 is 0 Å². The van der Waals surface area contributed by atoms with Crippen LogP contribution in [0.2, 0.25) is 0 Å². The Bertz CT molecular complexity index is 505. The lowest BCUT2D eigenvalue weighted by molar-refractivity contribution is -0.158. The van der Waals surface area contributed by atoms with Crippen molar-refractivity contribution in [2.24, 2.45) is 0 Å². The second-order valence-electron chi connectivity index (χ2n) is 5.58. The Morgan fingerprint density at radius 1 is 1.29 bits per heavy atom. The van der Waals surface area contributed by atoms with Crippen LogP contribution in [0.1, 0.15) is 27.7 Å². The second kappa shape index (κ2) is 5.94. The van der Waals surface area contributed by atoms with E-state index in [1.54, 1.807) is 27.7 Å². The number of imide groups is 1. The van der Waals surface area contributed by atoms with Gasteiger partial charge < -0.3 is 15.2 Å². The first kappa shape index (κ1) is 16.7. The molecule has 1 aliphatic heterocycles. The number of nitrogens with one attached hydrogen (secondary N) is 1. The molecule has 0 aliphatic carbocycles. The van der Waals surface area contributed by atoms with Gasteiger partial charge in [-0.25, -0.2) is 9.59 Å². The van der Waals surface area contributed by atoms with Gasteiger partial charge in [0, 0.05) is 12.2 Å². The number of nitrogens with zero attached hydrogens (tertiary/aromatic N) is 1. The van der Waals surface area contributed by atoms with E-state index in [2.05, 4.69) is 5.32 Å². The molecule has 0 aromatic heterocycles. The van der Waals surface area contributed by atoms with Crippen LogP contribution in [0.15, 0.2) is 12.2 Å². The van der Waals surface area contributed by atoms with E-state index in [9.17, 15) is 19.2 Å². The van der Waals surface area contributed by atoms with Crippen molar-refractivity contribution >= 4 is 23.9 Å². The molecule has 1 saturated heterocycles. The van der Waals surface area contributed by atoms with Crippen molar-refractivity contribution in [3.8, 4) is 0 Å². The molecule has 2 atom stereocenters. The number of hydrogen-bond acceptors (Lipinski definition) is 5. The van der Waals surface area contributed by atoms with Gasteiger partial charge in [-0.05, 0) is 27.7 Å². The summed E-state index contributed by atoms with van der Waals surface area (Å²) < 4.78 is 5.02. The van der Waals surface area contributed by atoms with Crippen molar-refractivity contribution in [3.05, 3.63) is 12.2 Å². The van der Waals surface area contributed by atoms with Crippen molar-refractivity contribution < 1.29 is 29.0 Å². The van der Waals surface area contributed by atoms with Gasteiger partial charge in [0.25, 0.3) is 11.8 Å². The van der Waals surface area contributed by atoms with Gasteiger partial charge in [-0.3, -0.25) is 14.5 Å². The molecule has 0 spiro atoms. The molecular formula is C13H18N2O6. The normalized spacial score (nSPS) is 21.9. The summed E-state index contributed by atoms with van der Waals surface area (Å²) in [5.74, 6) is -2.63. The molecule has 116 valence electrons. The number of carbonyl (C=O) groups excluding carboxylic acids is 3. The lowest BCUT2D eigenvalue weighted by Crippen LogP contribution is -2.71. The zero-order chi connectivity index (χ0) is 16.4. The van der Waals surface area contributed by atoms with Gasteiger partial charge in [0.15, 0.2) is 0 Å². The van der Waals surface area contributed by atoms with Gasteiger partial charge in [-0.1, -0.05) is 0 Å². The first-order chi connectivity index (χ1) is 9.53. The predicted molar refractivity (Wildman–Crippen MR) is 71.2 cm³/mol. The number of ether oxygens (including phenoxy) is 1. The maximum Gasteiger partial charge on any atom is 0.408 e. The zero-order valence-corrected chi connectivity index (χ0v) is 12.2. The van der Waals surface area contributed by atoms with Gasteiger partial charge in [-0.15, -0.1) is 0 Å². The van der Waals surface area contributed by atoms with Crippen molar-refractivity contribution in [1.82, 2.24) is 10.2 Å². The van der Waals surface area contributed by atoms with Crippen LogP contribution in [0.4, 0.5) is 4.79 Å². The van der Waals surface area contributed by atoms with Crippen molar-refractivity contribution in [1.29, 1.82) is 0 Å². The Hall–Kier alpha value is -2.38. The molecule has 2 N–H and O–H groups in total. The number of amides is 3. The van der Waals surface area contributed by atoms with Crippen LogP contribution in [0.5, 0.6) is 0 Å². The van der Waals surface area contributed by atoms with Gasteiger partial charge >= 0.3 is 12.1 Å². The van der Waals surface area contributed by atoms with Crippen molar-refractivity contribution in [2.75, 3.05) is 0 Å². The summed E-state index contributed by atoms with van der Waals surface area (Å²) in [6.07, 6.45) is 0.693. The van der Waals surface area contributed by atoms with Gasteiger partial charge in [0.2, 0.25) is 0 Å². The molecule has 0 saturated carbocycles. The van der Waals surface area contributed by atoms with E-state index in [4.69, 9.17) is 9.84 Å². The lowest BCUT2D eigenvalue weighted by atomic mass is 9.96. The monoisotopic (exact) mass is 298 g/mol. The van der Waals surface area contributed by atoms with Crippen LogP contribution in [-0.4, -0.2) is 51.6 Å². The highest BCUT2D eigenvalue weighted by Gasteiger charge is 2.48. The zero-order valence-electron chi connectivity index (χ0n) is 12.2. The third-order valence-corrected chi connectivity index (χ3v) is 2.67. The van der Waals surface area contributed by atoms with Crippen molar-refractivity contribution in [3.63, 3.8) is 0 Å². The summed E-state index contributed by atoms with van der Waals surface area (Å²) in [6.45, 7) is 6.62. The summed E-state index contributed by atoms with van der Waals surface area (Å²) in [4.78, 5) is 46.2. The van der Waals surface area contributed by atoms with Gasteiger partial charge in [0.05, 0.1) is 6.04 Å². The SMILES string of the molecule is C[C@@H]1[C@H](NC(=O)OC(C)(C)C)C(=O)N1C(=O)/C=C/C(=O)O. The van der Waals surface area contributed by atoms with E-state index in [0.29, 0.717) is 6.08 Å². The number of carboxylic acids is 1. The third-order valence-electron chi connectivity index (χ3n) is 2.67. The van der Waals surface area contributed by atoms with Gasteiger partial charge in [0.1, 0.15) is 11.6 Å². The van der Waals surface area contributed by atoms with E-state index in [1.165, 1.54) is 0 Å². The average Bonchev–Trinajstić information content (AvgIpc) is 2.31. The highest BCUT2D eigenvalue weighted by molar-refractivity contribution is 6.09. The largest absolute Gasteiger partial charge is 0.478 e. The summed E-state index contributed by atoms with van der Waals surface area (Å²) in [5, 5.41) is 10.8. The van der Waals surface area contributed by atoms with Crippen LogP contribution < -0.4 is 5.32 Å². The highest BCUT2D eigenvalue weighted by atomic mass is 16.6. The summed E-state index contributed by atoms with van der Waals surface area (Å²) in [7, 11) is 0. The fraction of sp³-hybridized carbons (Fsp3) is 0.538. The van der Waals surface area contributed by atoms with E-state index in [1.807, 2.05) is 0 Å². The minimum Gasteiger partial charge on any atom is -0.478 e. The first-order valence-corrected chi connectivity index (χ1v) is 6.30. The Balaban J connectivity index is 2.60. The number of hydrogen-bond donors (Lipinski definition) is 2. The van der Waals surface area contributed by atoms with E-state index >= 15 is 0 Å². The van der Waals surface area contributed by atoms with Crippen LogP contribution in [0.3, 0.4) is 0 Å². The number of aliphatic carboxylic acids is 1. The number of β-lactam (4-membered cyclic amide) rings is 1. The minimum atomic E-state index is -1.28. The number of likely N-dealkylation sites (tertiary alicyclic amines) is 1. The molecule has 0 aromatic carbocycles. The topological polar surface area (TPSA) is 113 Å². The smallest absolute Gasteiger partial charge is 0.408 e. The van der Waals surface area contributed by atoms with E-state index in [-0.39, 0.29) is 0 Å². The maximum absolute atomic E-state index is 11.8. The Morgan fingerprint density at radius 2 is 1.86 bits per heavy atom. The molecule has 0 bridgehead atoms. The van der Waals surface area contributed by atoms with Crippen molar-refractivity contribution in [2.45, 2.75) is 45.4 Å². The molecule has 0 radical (unpaired) electrons. The first-order valence-electron chi connectivity index (χ1n) is 6.30. The third kappa shape index (κ3) is 4.30. The second-order valence-corrected chi connectivity index (χ2v) is 5.58. The summed E-state index contributed by atoms with van der Waals surface area (Å²) >= 11 is 0. The Labute approximate surface area is 121 Å². The Kier molecular flexibility index (Phi) is 4.72. The molecule has 3 amide bonds. The van der Waals surface area contributed by atoms with E-state index in [0.717, 1.165) is 11.0 Å². The Morgan fingerprint density at radius 3 is 2.29 bits per heavy atom. The van der Waals surface area contributed by atoms with Crippen LogP contribution in [0.25, 0.3) is 0 Å². The molecule has 1 rings (SSSR count). The summed E-state index contributed by atoms with van der Waals surface area (Å²) in [5.41, 5.74) is -0.695. The average molecular weight is 298 g/mol. The number of carboxylic acid groups (broad SMARTS) is 1. The molecule has 21 heavy (non-hydrogen) atoms. The molecule has 8 nitrogen and oxygen atoms in total. The number of rotatable bonds is 3. The summed E-state index contributed by atoms with van der Waals surface area (Å²) in [6, 6.07) is -1.43. The fourth-order valence-electron chi connectivity index (χ4n) is 1.77. The molecule has 8 heteroatoms. The molecular weight excluding hydrogens is 280 g/mol.